The zero-order valence-electron chi connectivity index (χ0n) is 12.5. The Hall–Kier alpha value is -2.37. The molecule has 1 amide bonds. The number of rotatable bonds is 7. The van der Waals surface area contributed by atoms with Crippen LogP contribution in [0.3, 0.4) is 0 Å². The molecule has 0 atom stereocenters. The molecular formula is C15H21N5O. The van der Waals surface area contributed by atoms with Crippen LogP contribution in [0, 0.1) is 6.92 Å². The first-order valence-corrected chi connectivity index (χ1v) is 7.17. The fourth-order valence-corrected chi connectivity index (χ4v) is 1.96. The van der Waals surface area contributed by atoms with Gasteiger partial charge in [0, 0.05) is 36.7 Å². The Morgan fingerprint density at radius 2 is 2.19 bits per heavy atom. The van der Waals surface area contributed by atoms with Gasteiger partial charge in [-0.05, 0) is 31.5 Å². The van der Waals surface area contributed by atoms with Crippen LogP contribution in [-0.2, 0) is 6.54 Å². The highest BCUT2D eigenvalue weighted by molar-refractivity contribution is 5.94. The maximum atomic E-state index is 12.2. The van der Waals surface area contributed by atoms with Gasteiger partial charge in [0.25, 0.3) is 5.91 Å². The molecule has 6 heteroatoms. The maximum absolute atomic E-state index is 12.2. The second kappa shape index (κ2) is 7.42. The number of amides is 1. The van der Waals surface area contributed by atoms with Gasteiger partial charge in [0.1, 0.15) is 5.82 Å². The van der Waals surface area contributed by atoms with E-state index in [1.54, 1.807) is 23.0 Å². The molecule has 0 radical (unpaired) electrons. The Labute approximate surface area is 124 Å². The highest BCUT2D eigenvalue weighted by atomic mass is 16.1. The highest BCUT2D eigenvalue weighted by Crippen LogP contribution is 2.10. The minimum atomic E-state index is -0.0906. The number of aryl methyl sites for hydroxylation is 1. The molecule has 21 heavy (non-hydrogen) atoms. The van der Waals surface area contributed by atoms with Crippen LogP contribution < -0.4 is 10.6 Å². The number of anilines is 1. The fraction of sp³-hybridized carbons (Fsp3) is 0.400. The lowest BCUT2D eigenvalue weighted by Gasteiger charge is -2.09. The van der Waals surface area contributed by atoms with E-state index in [1.807, 2.05) is 19.2 Å². The summed E-state index contributed by atoms with van der Waals surface area (Å²) in [6, 6.07) is 5.44. The lowest BCUT2D eigenvalue weighted by atomic mass is 10.2. The Bertz CT molecular complexity index is 580. The predicted octanol–water partition coefficient (Wildman–Crippen LogP) is 1.84. The number of nitrogens with zero attached hydrogens (tertiary/aromatic N) is 3. The molecule has 2 heterocycles. The molecule has 0 saturated carbocycles. The van der Waals surface area contributed by atoms with Crippen LogP contribution in [0.4, 0.5) is 5.82 Å². The normalized spacial score (nSPS) is 10.4. The van der Waals surface area contributed by atoms with Crippen molar-refractivity contribution in [1.29, 1.82) is 0 Å². The second-order valence-electron chi connectivity index (χ2n) is 4.83. The summed E-state index contributed by atoms with van der Waals surface area (Å²) in [7, 11) is 0. The molecule has 2 rings (SSSR count). The third kappa shape index (κ3) is 4.59. The van der Waals surface area contributed by atoms with E-state index >= 15 is 0 Å². The molecule has 2 aromatic rings. The smallest absolute Gasteiger partial charge is 0.251 e. The average molecular weight is 287 g/mol. The van der Waals surface area contributed by atoms with E-state index in [0.717, 1.165) is 24.5 Å². The first-order valence-electron chi connectivity index (χ1n) is 7.17. The number of carbonyl (C=O) groups excluding carboxylic acids is 1. The van der Waals surface area contributed by atoms with E-state index in [-0.39, 0.29) is 5.91 Å². The summed E-state index contributed by atoms with van der Waals surface area (Å²) >= 11 is 0. The molecular weight excluding hydrogens is 266 g/mol. The van der Waals surface area contributed by atoms with E-state index in [4.69, 9.17) is 0 Å². The standard InChI is InChI=1S/C15H21N5O/c1-3-5-16-14-11-13(10-12(2)19-14)15(21)17-7-9-20-8-4-6-18-20/h4,6,8,10-11H,3,5,7,9H2,1-2H3,(H,16,19)(H,17,21). The molecule has 0 fully saturated rings. The number of nitrogens with one attached hydrogen (secondary N) is 2. The number of carbonyl (C=O) groups is 1. The molecule has 0 aliphatic rings. The van der Waals surface area contributed by atoms with Crippen LogP contribution in [0.15, 0.2) is 30.6 Å². The predicted molar refractivity (Wildman–Crippen MR) is 82.3 cm³/mol. The van der Waals surface area contributed by atoms with E-state index in [2.05, 4.69) is 27.6 Å². The zero-order valence-corrected chi connectivity index (χ0v) is 12.5. The van der Waals surface area contributed by atoms with Crippen molar-refractivity contribution in [1.82, 2.24) is 20.1 Å². The summed E-state index contributed by atoms with van der Waals surface area (Å²) in [4.78, 5) is 16.5. The summed E-state index contributed by atoms with van der Waals surface area (Å²) in [6.07, 6.45) is 4.61. The van der Waals surface area contributed by atoms with Crippen molar-refractivity contribution < 1.29 is 4.79 Å². The van der Waals surface area contributed by atoms with Gasteiger partial charge in [0.15, 0.2) is 0 Å². The minimum Gasteiger partial charge on any atom is -0.370 e. The quantitative estimate of drug-likeness (QED) is 0.815. The van der Waals surface area contributed by atoms with Crippen LogP contribution in [0.2, 0.25) is 0 Å². The third-order valence-electron chi connectivity index (χ3n) is 2.96. The highest BCUT2D eigenvalue weighted by Gasteiger charge is 2.08. The molecule has 0 aliphatic carbocycles. The van der Waals surface area contributed by atoms with Gasteiger partial charge in [-0.25, -0.2) is 4.98 Å². The molecule has 0 unspecified atom stereocenters. The van der Waals surface area contributed by atoms with Crippen molar-refractivity contribution in [3.05, 3.63) is 41.9 Å². The van der Waals surface area contributed by atoms with E-state index in [0.29, 0.717) is 18.7 Å². The van der Waals surface area contributed by atoms with Gasteiger partial charge in [-0.3, -0.25) is 9.48 Å². The third-order valence-corrected chi connectivity index (χ3v) is 2.96. The van der Waals surface area contributed by atoms with Crippen molar-refractivity contribution in [2.75, 3.05) is 18.4 Å². The van der Waals surface area contributed by atoms with Gasteiger partial charge < -0.3 is 10.6 Å². The van der Waals surface area contributed by atoms with Crippen molar-refractivity contribution >= 4 is 11.7 Å². The summed E-state index contributed by atoms with van der Waals surface area (Å²) in [6.45, 7) is 6.02. The number of hydrogen-bond acceptors (Lipinski definition) is 4. The molecule has 2 aromatic heterocycles. The summed E-state index contributed by atoms with van der Waals surface area (Å²) < 4.78 is 1.78. The van der Waals surface area contributed by atoms with Gasteiger partial charge in [0.05, 0.1) is 6.54 Å². The lowest BCUT2D eigenvalue weighted by molar-refractivity contribution is 0.0951. The number of hydrogen-bond donors (Lipinski definition) is 2. The van der Waals surface area contributed by atoms with Crippen molar-refractivity contribution in [2.24, 2.45) is 0 Å². The SMILES string of the molecule is CCCNc1cc(C(=O)NCCn2cccn2)cc(C)n1. The molecule has 112 valence electrons. The van der Waals surface area contributed by atoms with Crippen LogP contribution in [0.25, 0.3) is 0 Å². The molecule has 2 N–H and O–H groups in total. The molecule has 0 saturated heterocycles. The van der Waals surface area contributed by atoms with E-state index < -0.39 is 0 Å². The minimum absolute atomic E-state index is 0.0906. The van der Waals surface area contributed by atoms with Gasteiger partial charge in [-0.15, -0.1) is 0 Å². The van der Waals surface area contributed by atoms with E-state index in [9.17, 15) is 4.79 Å². The van der Waals surface area contributed by atoms with Gasteiger partial charge in [0.2, 0.25) is 0 Å². The molecule has 6 nitrogen and oxygen atoms in total. The van der Waals surface area contributed by atoms with Crippen LogP contribution in [0.1, 0.15) is 29.4 Å². The van der Waals surface area contributed by atoms with Crippen LogP contribution in [0.5, 0.6) is 0 Å². The molecule has 0 aromatic carbocycles. The molecule has 0 bridgehead atoms. The van der Waals surface area contributed by atoms with Crippen molar-refractivity contribution in [3.8, 4) is 0 Å². The lowest BCUT2D eigenvalue weighted by Crippen LogP contribution is -2.27. The van der Waals surface area contributed by atoms with Gasteiger partial charge in [-0.2, -0.15) is 5.10 Å². The number of aromatic nitrogens is 3. The van der Waals surface area contributed by atoms with Gasteiger partial charge in [-0.1, -0.05) is 6.92 Å². The monoisotopic (exact) mass is 287 g/mol. The molecule has 0 spiro atoms. The Morgan fingerprint density at radius 3 is 2.90 bits per heavy atom. The van der Waals surface area contributed by atoms with E-state index in [1.165, 1.54) is 0 Å². The first-order chi connectivity index (χ1) is 10.2. The average Bonchev–Trinajstić information content (AvgIpc) is 2.97. The largest absolute Gasteiger partial charge is 0.370 e. The van der Waals surface area contributed by atoms with Gasteiger partial charge >= 0.3 is 0 Å². The Morgan fingerprint density at radius 1 is 1.33 bits per heavy atom. The fourth-order valence-electron chi connectivity index (χ4n) is 1.96. The Kier molecular flexibility index (Phi) is 5.31. The zero-order chi connectivity index (χ0) is 15.1. The van der Waals surface area contributed by atoms with Crippen molar-refractivity contribution in [2.45, 2.75) is 26.8 Å². The first kappa shape index (κ1) is 15.0. The summed E-state index contributed by atoms with van der Waals surface area (Å²) in [5.74, 6) is 0.654. The number of pyridine rings is 1. The topological polar surface area (TPSA) is 71.8 Å². The maximum Gasteiger partial charge on any atom is 0.251 e. The molecule has 0 aliphatic heterocycles. The van der Waals surface area contributed by atoms with Crippen LogP contribution in [-0.4, -0.2) is 33.8 Å². The summed E-state index contributed by atoms with van der Waals surface area (Å²) in [5.41, 5.74) is 1.45. The van der Waals surface area contributed by atoms with Crippen LogP contribution >= 0.6 is 0 Å². The Balaban J connectivity index is 1.93. The van der Waals surface area contributed by atoms with Crippen molar-refractivity contribution in [3.63, 3.8) is 0 Å². The summed E-state index contributed by atoms with van der Waals surface area (Å²) in [5, 5.41) is 10.2. The second-order valence-corrected chi connectivity index (χ2v) is 4.83.